The largest absolute Gasteiger partial charge is 0.411 e. The van der Waals surface area contributed by atoms with Crippen LogP contribution in [0.4, 0.5) is 18.9 Å². The summed E-state index contributed by atoms with van der Waals surface area (Å²) in [4.78, 5) is 16.0. The molecular weight excluding hydrogens is 285 g/mol. The third-order valence-electron chi connectivity index (χ3n) is 2.76. The highest BCUT2D eigenvalue weighted by Crippen LogP contribution is 2.21. The van der Waals surface area contributed by atoms with Gasteiger partial charge in [0.25, 0.3) is 5.91 Å². The van der Waals surface area contributed by atoms with E-state index in [0.29, 0.717) is 11.2 Å². The number of halogens is 3. The number of benzene rings is 1. The zero-order valence-corrected chi connectivity index (χ0v) is 11.1. The van der Waals surface area contributed by atoms with Gasteiger partial charge in [0.15, 0.2) is 0 Å². The van der Waals surface area contributed by atoms with Gasteiger partial charge in [0.2, 0.25) is 0 Å². The molecule has 1 N–H and O–H groups in total. The van der Waals surface area contributed by atoms with Gasteiger partial charge in [-0.15, -0.1) is 0 Å². The highest BCUT2D eigenvalue weighted by molar-refractivity contribution is 6.01. The predicted molar refractivity (Wildman–Crippen MR) is 71.8 cm³/mol. The van der Waals surface area contributed by atoms with Crippen molar-refractivity contribution < 1.29 is 22.7 Å². The van der Waals surface area contributed by atoms with Crippen LogP contribution in [0.15, 0.2) is 36.5 Å². The minimum absolute atomic E-state index is 0.431. The molecule has 0 unspecified atom stereocenters. The number of para-hydroxylation sites is 1. The van der Waals surface area contributed by atoms with E-state index >= 15 is 0 Å². The van der Waals surface area contributed by atoms with E-state index in [0.717, 1.165) is 5.39 Å². The second kappa shape index (κ2) is 6.09. The van der Waals surface area contributed by atoms with Crippen LogP contribution in [-0.4, -0.2) is 29.8 Å². The van der Waals surface area contributed by atoms with Crippen molar-refractivity contribution in [1.29, 1.82) is 0 Å². The first-order valence-electron chi connectivity index (χ1n) is 6.20. The molecule has 0 saturated heterocycles. The Balaban J connectivity index is 2.08. The Labute approximate surface area is 118 Å². The Morgan fingerprint density at radius 1 is 1.33 bits per heavy atom. The van der Waals surface area contributed by atoms with Gasteiger partial charge in [-0.3, -0.25) is 9.78 Å². The van der Waals surface area contributed by atoms with Crippen molar-refractivity contribution in [2.45, 2.75) is 19.2 Å². The number of pyridine rings is 1. The van der Waals surface area contributed by atoms with Gasteiger partial charge in [-0.2, -0.15) is 13.2 Å². The van der Waals surface area contributed by atoms with Crippen LogP contribution in [0.5, 0.6) is 0 Å². The third-order valence-corrected chi connectivity index (χ3v) is 2.76. The van der Waals surface area contributed by atoms with E-state index in [9.17, 15) is 18.0 Å². The average Bonchev–Trinajstić information content (AvgIpc) is 2.44. The predicted octanol–water partition coefficient (Wildman–Crippen LogP) is 3.14. The zero-order valence-electron chi connectivity index (χ0n) is 11.1. The molecule has 0 aliphatic rings. The molecule has 0 radical (unpaired) electrons. The number of nitrogens with zero attached hydrogens (tertiary/aromatic N) is 1. The van der Waals surface area contributed by atoms with Gasteiger partial charge in [0.05, 0.1) is 11.2 Å². The molecule has 0 aliphatic heterocycles. The summed E-state index contributed by atoms with van der Waals surface area (Å²) in [5.41, 5.74) is 0.997. The number of hydrogen-bond acceptors (Lipinski definition) is 3. The summed E-state index contributed by atoms with van der Waals surface area (Å²) in [5.74, 6) is -0.655. The number of alkyl halides is 3. The molecule has 21 heavy (non-hydrogen) atoms. The van der Waals surface area contributed by atoms with Gasteiger partial charge in [0.1, 0.15) is 12.7 Å². The first-order chi connectivity index (χ1) is 9.87. The number of ether oxygens (including phenoxy) is 1. The summed E-state index contributed by atoms with van der Waals surface area (Å²) < 4.78 is 40.6. The summed E-state index contributed by atoms with van der Waals surface area (Å²) in [6, 6.07) is 8.75. The summed E-state index contributed by atoms with van der Waals surface area (Å²) in [6.07, 6.45) is -4.11. The normalized spacial score (nSPS) is 13.1. The summed E-state index contributed by atoms with van der Waals surface area (Å²) in [7, 11) is 0. The third kappa shape index (κ3) is 4.16. The Kier molecular flexibility index (Phi) is 4.42. The lowest BCUT2D eigenvalue weighted by molar-refractivity contribution is -0.184. The summed E-state index contributed by atoms with van der Waals surface area (Å²) in [5, 5.41) is 3.35. The number of carbonyl (C=O) groups is 1. The highest BCUT2D eigenvalue weighted by Gasteiger charge is 2.30. The Hall–Kier alpha value is -2.15. The molecule has 0 spiro atoms. The lowest BCUT2D eigenvalue weighted by atomic mass is 10.2. The van der Waals surface area contributed by atoms with Crippen LogP contribution >= 0.6 is 0 Å². The fourth-order valence-electron chi connectivity index (χ4n) is 1.73. The lowest BCUT2D eigenvalue weighted by Gasteiger charge is -2.15. The quantitative estimate of drug-likeness (QED) is 0.943. The second-order valence-corrected chi connectivity index (χ2v) is 4.44. The molecule has 1 aromatic heterocycles. The Morgan fingerprint density at radius 2 is 2.05 bits per heavy atom. The molecule has 4 nitrogen and oxygen atoms in total. The number of fused-ring (bicyclic) bond motifs is 1. The van der Waals surface area contributed by atoms with Crippen molar-refractivity contribution in [3.63, 3.8) is 0 Å². The van der Waals surface area contributed by atoms with Gasteiger partial charge < -0.3 is 10.1 Å². The number of rotatable bonds is 4. The van der Waals surface area contributed by atoms with E-state index < -0.39 is 24.8 Å². The molecule has 0 aliphatic carbocycles. The van der Waals surface area contributed by atoms with E-state index in [1.165, 1.54) is 6.92 Å². The van der Waals surface area contributed by atoms with Crippen LogP contribution in [0, 0.1) is 0 Å². The Bertz CT molecular complexity index is 638. The number of hydrogen-bond donors (Lipinski definition) is 1. The molecule has 1 heterocycles. The fraction of sp³-hybridized carbons (Fsp3) is 0.286. The maximum atomic E-state index is 12.0. The van der Waals surface area contributed by atoms with E-state index in [1.54, 1.807) is 24.4 Å². The number of carbonyl (C=O) groups excluding carboxylic acids is 1. The van der Waals surface area contributed by atoms with Crippen molar-refractivity contribution in [1.82, 2.24) is 4.98 Å². The summed E-state index contributed by atoms with van der Waals surface area (Å²) >= 11 is 0. The second-order valence-electron chi connectivity index (χ2n) is 4.44. The smallest absolute Gasteiger partial charge is 0.359 e. The molecule has 1 atom stereocenters. The van der Waals surface area contributed by atoms with Crippen molar-refractivity contribution >= 4 is 22.5 Å². The van der Waals surface area contributed by atoms with Crippen molar-refractivity contribution in [3.8, 4) is 0 Å². The fourth-order valence-corrected chi connectivity index (χ4v) is 1.73. The minimum Gasteiger partial charge on any atom is -0.359 e. The van der Waals surface area contributed by atoms with Crippen LogP contribution in [0.1, 0.15) is 6.92 Å². The van der Waals surface area contributed by atoms with Crippen molar-refractivity contribution in [3.05, 3.63) is 36.5 Å². The minimum atomic E-state index is -4.46. The van der Waals surface area contributed by atoms with Gasteiger partial charge in [0, 0.05) is 11.6 Å². The van der Waals surface area contributed by atoms with E-state index in [2.05, 4.69) is 15.0 Å². The van der Waals surface area contributed by atoms with E-state index in [1.807, 2.05) is 12.1 Å². The molecule has 0 saturated carbocycles. The Morgan fingerprint density at radius 3 is 2.76 bits per heavy atom. The van der Waals surface area contributed by atoms with E-state index in [4.69, 9.17) is 0 Å². The number of nitrogens with one attached hydrogen (secondary N) is 1. The van der Waals surface area contributed by atoms with Crippen LogP contribution in [0.25, 0.3) is 10.9 Å². The zero-order chi connectivity index (χ0) is 15.5. The van der Waals surface area contributed by atoms with Gasteiger partial charge >= 0.3 is 6.18 Å². The maximum Gasteiger partial charge on any atom is 0.411 e. The number of amides is 1. The SMILES string of the molecule is C[C@H](OCC(F)(F)F)C(=O)Nc1cccc2cccnc12. The lowest BCUT2D eigenvalue weighted by Crippen LogP contribution is -2.31. The number of aromatic nitrogens is 1. The maximum absolute atomic E-state index is 12.0. The molecule has 1 aromatic carbocycles. The van der Waals surface area contributed by atoms with Crippen molar-refractivity contribution in [2.24, 2.45) is 0 Å². The molecule has 7 heteroatoms. The molecule has 112 valence electrons. The van der Waals surface area contributed by atoms with E-state index in [-0.39, 0.29) is 0 Å². The van der Waals surface area contributed by atoms with Crippen molar-refractivity contribution in [2.75, 3.05) is 11.9 Å². The topological polar surface area (TPSA) is 51.2 Å². The van der Waals surface area contributed by atoms with Crippen LogP contribution < -0.4 is 5.32 Å². The van der Waals surface area contributed by atoms with Crippen LogP contribution in [0.3, 0.4) is 0 Å². The first kappa shape index (κ1) is 15.2. The van der Waals surface area contributed by atoms with Gasteiger partial charge in [-0.05, 0) is 19.1 Å². The molecular formula is C14H13F3N2O2. The highest BCUT2D eigenvalue weighted by atomic mass is 19.4. The first-order valence-corrected chi connectivity index (χ1v) is 6.20. The summed E-state index contributed by atoms with van der Waals surface area (Å²) in [6.45, 7) is -0.199. The average molecular weight is 298 g/mol. The van der Waals surface area contributed by atoms with Gasteiger partial charge in [-0.25, -0.2) is 0 Å². The standard InChI is InChI=1S/C14H13F3N2O2/c1-9(21-8-14(15,16)17)13(20)19-11-6-2-4-10-5-3-7-18-12(10)11/h2-7,9H,8H2,1H3,(H,19,20)/t9-/m0/s1. The monoisotopic (exact) mass is 298 g/mol. The molecule has 2 aromatic rings. The molecule has 1 amide bonds. The number of anilines is 1. The van der Waals surface area contributed by atoms with Crippen LogP contribution in [-0.2, 0) is 9.53 Å². The molecule has 0 fully saturated rings. The van der Waals surface area contributed by atoms with Crippen LogP contribution in [0.2, 0.25) is 0 Å². The molecule has 2 rings (SSSR count). The van der Waals surface area contributed by atoms with Gasteiger partial charge in [-0.1, -0.05) is 18.2 Å². The molecule has 0 bridgehead atoms.